The van der Waals surface area contributed by atoms with Gasteiger partial charge in [0, 0.05) is 23.0 Å². The first-order chi connectivity index (χ1) is 8.31. The summed E-state index contributed by atoms with van der Waals surface area (Å²) in [5, 5.41) is 1.03. The first kappa shape index (κ1) is 13.6. The lowest BCUT2D eigenvalue weighted by Gasteiger charge is -2.26. The van der Waals surface area contributed by atoms with E-state index in [1.807, 2.05) is 0 Å². The highest BCUT2D eigenvalue weighted by Crippen LogP contribution is 2.34. The Kier molecular flexibility index (Phi) is 5.51. The highest BCUT2D eigenvalue weighted by atomic mass is 79.9. The normalized spacial score (nSPS) is 19.2. The van der Waals surface area contributed by atoms with E-state index in [-0.39, 0.29) is 0 Å². The molecule has 3 heteroatoms. The molecule has 1 aromatic rings. The summed E-state index contributed by atoms with van der Waals surface area (Å²) in [6.45, 7) is 1.88. The van der Waals surface area contributed by atoms with Crippen LogP contribution in [0.3, 0.4) is 0 Å². The third-order valence-electron chi connectivity index (χ3n) is 3.49. The van der Waals surface area contributed by atoms with Crippen molar-refractivity contribution in [1.29, 1.82) is 0 Å². The van der Waals surface area contributed by atoms with Crippen LogP contribution in [0.1, 0.15) is 30.7 Å². The standard InChI is InChI=1S/C14H18Br2O/c15-10-12(9-11-5-7-17-8-6-11)13-3-1-2-4-14(13)16/h1-4,11-12H,5-10H2. The topological polar surface area (TPSA) is 9.23 Å². The highest BCUT2D eigenvalue weighted by Gasteiger charge is 2.21. The summed E-state index contributed by atoms with van der Waals surface area (Å²) in [5.41, 5.74) is 1.43. The Labute approximate surface area is 120 Å². The van der Waals surface area contributed by atoms with Gasteiger partial charge in [0.05, 0.1) is 0 Å². The number of halogens is 2. The molecule has 1 aliphatic heterocycles. The first-order valence-electron chi connectivity index (χ1n) is 6.19. The van der Waals surface area contributed by atoms with E-state index >= 15 is 0 Å². The summed E-state index contributed by atoms with van der Waals surface area (Å²) in [6.07, 6.45) is 3.69. The molecular weight excluding hydrogens is 344 g/mol. The minimum Gasteiger partial charge on any atom is -0.381 e. The molecule has 0 spiro atoms. The van der Waals surface area contributed by atoms with Crippen molar-refractivity contribution in [2.75, 3.05) is 18.5 Å². The third kappa shape index (κ3) is 3.80. The van der Waals surface area contributed by atoms with E-state index in [0.29, 0.717) is 5.92 Å². The van der Waals surface area contributed by atoms with Crippen LogP contribution in [-0.4, -0.2) is 18.5 Å². The van der Waals surface area contributed by atoms with E-state index in [0.717, 1.165) is 24.5 Å². The molecule has 1 nitrogen and oxygen atoms in total. The number of benzene rings is 1. The second-order valence-corrected chi connectivity index (χ2v) is 6.17. The van der Waals surface area contributed by atoms with Gasteiger partial charge in [-0.25, -0.2) is 0 Å². The van der Waals surface area contributed by atoms with Gasteiger partial charge in [-0.05, 0) is 42.7 Å². The molecule has 1 aromatic carbocycles. The van der Waals surface area contributed by atoms with Crippen LogP contribution in [0, 0.1) is 5.92 Å². The van der Waals surface area contributed by atoms with Gasteiger partial charge in [-0.1, -0.05) is 50.1 Å². The molecular formula is C14H18Br2O. The van der Waals surface area contributed by atoms with E-state index in [9.17, 15) is 0 Å². The summed E-state index contributed by atoms with van der Waals surface area (Å²) < 4.78 is 6.66. The summed E-state index contributed by atoms with van der Waals surface area (Å²) in [6, 6.07) is 8.57. The van der Waals surface area contributed by atoms with Crippen LogP contribution in [0.4, 0.5) is 0 Å². The van der Waals surface area contributed by atoms with Crippen molar-refractivity contribution in [3.05, 3.63) is 34.3 Å². The number of hydrogen-bond acceptors (Lipinski definition) is 1. The van der Waals surface area contributed by atoms with Crippen molar-refractivity contribution in [1.82, 2.24) is 0 Å². The molecule has 1 fully saturated rings. The SMILES string of the molecule is BrCC(CC1CCOCC1)c1ccccc1Br. The molecule has 0 bridgehead atoms. The molecule has 1 heterocycles. The fourth-order valence-corrected chi connectivity index (χ4v) is 3.69. The molecule has 0 radical (unpaired) electrons. The molecule has 94 valence electrons. The number of rotatable bonds is 4. The second-order valence-electron chi connectivity index (χ2n) is 4.66. The quantitative estimate of drug-likeness (QED) is 0.703. The van der Waals surface area contributed by atoms with Gasteiger partial charge in [-0.3, -0.25) is 0 Å². The fourth-order valence-electron chi connectivity index (χ4n) is 2.46. The molecule has 1 atom stereocenters. The highest BCUT2D eigenvalue weighted by molar-refractivity contribution is 9.10. The van der Waals surface area contributed by atoms with Gasteiger partial charge in [0.15, 0.2) is 0 Å². The van der Waals surface area contributed by atoms with Crippen molar-refractivity contribution >= 4 is 31.9 Å². The maximum absolute atomic E-state index is 5.42. The zero-order valence-corrected chi connectivity index (χ0v) is 13.0. The predicted octanol–water partition coefficient (Wildman–Crippen LogP) is 4.74. The minimum atomic E-state index is 0.605. The third-order valence-corrected chi connectivity index (χ3v) is 4.99. The Morgan fingerprint density at radius 3 is 2.59 bits per heavy atom. The fraction of sp³-hybridized carbons (Fsp3) is 0.571. The molecule has 1 saturated heterocycles. The Bertz CT molecular complexity index is 348. The Morgan fingerprint density at radius 1 is 1.24 bits per heavy atom. The van der Waals surface area contributed by atoms with Gasteiger partial charge in [-0.2, -0.15) is 0 Å². The van der Waals surface area contributed by atoms with Crippen LogP contribution in [0.15, 0.2) is 28.7 Å². The van der Waals surface area contributed by atoms with E-state index in [4.69, 9.17) is 4.74 Å². The lowest BCUT2D eigenvalue weighted by Crippen LogP contribution is -2.18. The van der Waals surface area contributed by atoms with Crippen LogP contribution < -0.4 is 0 Å². The number of ether oxygens (including phenoxy) is 1. The summed E-state index contributed by atoms with van der Waals surface area (Å²) >= 11 is 7.32. The largest absolute Gasteiger partial charge is 0.381 e. The first-order valence-corrected chi connectivity index (χ1v) is 8.11. The van der Waals surface area contributed by atoms with Crippen molar-refractivity contribution in [2.45, 2.75) is 25.2 Å². The molecule has 0 amide bonds. The van der Waals surface area contributed by atoms with Crippen molar-refractivity contribution < 1.29 is 4.74 Å². The zero-order valence-electron chi connectivity index (χ0n) is 9.87. The Balaban J connectivity index is 2.03. The van der Waals surface area contributed by atoms with Gasteiger partial charge < -0.3 is 4.74 Å². The van der Waals surface area contributed by atoms with Gasteiger partial charge in [0.25, 0.3) is 0 Å². The van der Waals surface area contributed by atoms with Crippen LogP contribution in [0.5, 0.6) is 0 Å². The average Bonchev–Trinajstić information content (AvgIpc) is 2.38. The minimum absolute atomic E-state index is 0.605. The number of alkyl halides is 1. The summed E-state index contributed by atoms with van der Waals surface area (Å²) in [7, 11) is 0. The molecule has 0 aliphatic carbocycles. The van der Waals surface area contributed by atoms with Crippen molar-refractivity contribution in [3.63, 3.8) is 0 Å². The average molecular weight is 362 g/mol. The maximum atomic E-state index is 5.42. The molecule has 2 rings (SSSR count). The van der Waals surface area contributed by atoms with Gasteiger partial charge in [0.1, 0.15) is 0 Å². The van der Waals surface area contributed by atoms with Gasteiger partial charge in [-0.15, -0.1) is 0 Å². The maximum Gasteiger partial charge on any atom is 0.0468 e. The van der Waals surface area contributed by atoms with Crippen LogP contribution in [-0.2, 0) is 4.74 Å². The van der Waals surface area contributed by atoms with Crippen LogP contribution in [0.25, 0.3) is 0 Å². The Hall–Kier alpha value is 0.140. The number of hydrogen-bond donors (Lipinski definition) is 0. The molecule has 17 heavy (non-hydrogen) atoms. The Morgan fingerprint density at radius 2 is 1.94 bits per heavy atom. The summed E-state index contributed by atoms with van der Waals surface area (Å²) in [4.78, 5) is 0. The smallest absolute Gasteiger partial charge is 0.0468 e. The van der Waals surface area contributed by atoms with E-state index in [2.05, 4.69) is 56.1 Å². The van der Waals surface area contributed by atoms with Crippen LogP contribution >= 0.6 is 31.9 Å². The predicted molar refractivity (Wildman–Crippen MR) is 78.8 cm³/mol. The second kappa shape index (κ2) is 6.91. The van der Waals surface area contributed by atoms with E-state index in [1.165, 1.54) is 29.3 Å². The van der Waals surface area contributed by atoms with Crippen LogP contribution in [0.2, 0.25) is 0 Å². The van der Waals surface area contributed by atoms with E-state index < -0.39 is 0 Å². The lowest BCUT2D eigenvalue weighted by atomic mass is 9.86. The van der Waals surface area contributed by atoms with Crippen molar-refractivity contribution in [2.24, 2.45) is 5.92 Å². The van der Waals surface area contributed by atoms with Crippen molar-refractivity contribution in [3.8, 4) is 0 Å². The zero-order chi connectivity index (χ0) is 12.1. The molecule has 0 N–H and O–H groups in total. The monoisotopic (exact) mass is 360 g/mol. The lowest BCUT2D eigenvalue weighted by molar-refractivity contribution is 0.0623. The van der Waals surface area contributed by atoms with Gasteiger partial charge >= 0.3 is 0 Å². The molecule has 1 aliphatic rings. The molecule has 0 saturated carbocycles. The molecule has 0 aromatic heterocycles. The van der Waals surface area contributed by atoms with E-state index in [1.54, 1.807) is 0 Å². The molecule has 1 unspecified atom stereocenters. The van der Waals surface area contributed by atoms with Gasteiger partial charge in [0.2, 0.25) is 0 Å². The summed E-state index contributed by atoms with van der Waals surface area (Å²) in [5.74, 6) is 1.42.